The SMILES string of the molecule is CC(C)CC(NN)c1nc2ccccc2cc1Br. The molecule has 3 N–H and O–H groups in total. The molecule has 0 radical (unpaired) electrons. The monoisotopic (exact) mass is 307 g/mol. The zero-order chi connectivity index (χ0) is 13.1. The molecule has 18 heavy (non-hydrogen) atoms. The highest BCUT2D eigenvalue weighted by molar-refractivity contribution is 9.10. The van der Waals surface area contributed by atoms with Gasteiger partial charge in [0.1, 0.15) is 0 Å². The normalized spacial score (nSPS) is 13.2. The van der Waals surface area contributed by atoms with Crippen molar-refractivity contribution in [3.05, 3.63) is 40.5 Å². The van der Waals surface area contributed by atoms with E-state index >= 15 is 0 Å². The maximum Gasteiger partial charge on any atom is 0.0736 e. The van der Waals surface area contributed by atoms with Gasteiger partial charge in [0, 0.05) is 9.86 Å². The van der Waals surface area contributed by atoms with Crippen molar-refractivity contribution in [2.75, 3.05) is 0 Å². The van der Waals surface area contributed by atoms with Gasteiger partial charge in [0.05, 0.1) is 17.3 Å². The van der Waals surface area contributed by atoms with Crippen LogP contribution in [0.25, 0.3) is 10.9 Å². The van der Waals surface area contributed by atoms with E-state index in [1.165, 1.54) is 0 Å². The Bertz CT molecular complexity index is 540. The second kappa shape index (κ2) is 5.78. The fraction of sp³-hybridized carbons (Fsp3) is 0.357. The summed E-state index contributed by atoms with van der Waals surface area (Å²) < 4.78 is 1.00. The summed E-state index contributed by atoms with van der Waals surface area (Å²) in [7, 11) is 0. The third kappa shape index (κ3) is 2.88. The predicted molar refractivity (Wildman–Crippen MR) is 79.0 cm³/mol. The third-order valence-electron chi connectivity index (χ3n) is 2.94. The van der Waals surface area contributed by atoms with Crippen molar-refractivity contribution in [3.8, 4) is 0 Å². The van der Waals surface area contributed by atoms with E-state index in [1.807, 2.05) is 18.2 Å². The maximum atomic E-state index is 5.66. The van der Waals surface area contributed by atoms with E-state index in [9.17, 15) is 0 Å². The summed E-state index contributed by atoms with van der Waals surface area (Å²) in [5, 5.41) is 1.13. The first-order chi connectivity index (χ1) is 8.61. The Morgan fingerprint density at radius 3 is 2.72 bits per heavy atom. The smallest absolute Gasteiger partial charge is 0.0736 e. The lowest BCUT2D eigenvalue weighted by Crippen LogP contribution is -2.30. The Balaban J connectivity index is 2.45. The van der Waals surface area contributed by atoms with Crippen LogP contribution in [0.5, 0.6) is 0 Å². The zero-order valence-electron chi connectivity index (χ0n) is 10.7. The molecule has 1 unspecified atom stereocenters. The van der Waals surface area contributed by atoms with Crippen molar-refractivity contribution in [1.29, 1.82) is 0 Å². The predicted octanol–water partition coefficient (Wildman–Crippen LogP) is 3.55. The van der Waals surface area contributed by atoms with E-state index in [2.05, 4.69) is 47.3 Å². The molecule has 0 aliphatic rings. The van der Waals surface area contributed by atoms with E-state index in [1.54, 1.807) is 0 Å². The molecule has 0 saturated carbocycles. The van der Waals surface area contributed by atoms with Crippen LogP contribution >= 0.6 is 15.9 Å². The summed E-state index contributed by atoms with van der Waals surface area (Å²) >= 11 is 3.59. The number of fused-ring (bicyclic) bond motifs is 1. The highest BCUT2D eigenvalue weighted by Gasteiger charge is 2.17. The van der Waals surface area contributed by atoms with Crippen molar-refractivity contribution in [2.24, 2.45) is 11.8 Å². The molecular formula is C14H18BrN3. The molecule has 4 heteroatoms. The molecule has 1 heterocycles. The second-order valence-corrected chi connectivity index (χ2v) is 5.75. The molecule has 0 saturated heterocycles. The van der Waals surface area contributed by atoms with Crippen molar-refractivity contribution in [2.45, 2.75) is 26.3 Å². The molecule has 0 amide bonds. The first-order valence-electron chi connectivity index (χ1n) is 6.13. The van der Waals surface area contributed by atoms with Crippen LogP contribution in [0.4, 0.5) is 0 Å². The van der Waals surface area contributed by atoms with E-state index in [0.717, 1.165) is 27.5 Å². The molecule has 3 nitrogen and oxygen atoms in total. The van der Waals surface area contributed by atoms with Gasteiger partial charge in [-0.25, -0.2) is 4.98 Å². The highest BCUT2D eigenvalue weighted by Crippen LogP contribution is 2.28. The van der Waals surface area contributed by atoms with E-state index in [-0.39, 0.29) is 6.04 Å². The third-order valence-corrected chi connectivity index (χ3v) is 3.58. The maximum absolute atomic E-state index is 5.66. The summed E-state index contributed by atoms with van der Waals surface area (Å²) in [6.45, 7) is 4.36. The van der Waals surface area contributed by atoms with Crippen molar-refractivity contribution >= 4 is 26.8 Å². The number of nitrogens with zero attached hydrogens (tertiary/aromatic N) is 1. The number of nitrogens with two attached hydrogens (primary N) is 1. The van der Waals surface area contributed by atoms with Crippen LogP contribution in [0.1, 0.15) is 32.0 Å². The topological polar surface area (TPSA) is 50.9 Å². The summed E-state index contributed by atoms with van der Waals surface area (Å²) in [6, 6.07) is 10.3. The van der Waals surface area contributed by atoms with Crippen LogP contribution in [0, 0.1) is 5.92 Å². The minimum Gasteiger partial charge on any atom is -0.271 e. The van der Waals surface area contributed by atoms with Crippen LogP contribution in [0.15, 0.2) is 34.8 Å². The van der Waals surface area contributed by atoms with Crippen LogP contribution in [-0.2, 0) is 0 Å². The molecule has 0 aliphatic heterocycles. The fourth-order valence-electron chi connectivity index (χ4n) is 2.08. The van der Waals surface area contributed by atoms with Crippen molar-refractivity contribution in [3.63, 3.8) is 0 Å². The van der Waals surface area contributed by atoms with Gasteiger partial charge in [0.2, 0.25) is 0 Å². The molecule has 1 aromatic heterocycles. The van der Waals surface area contributed by atoms with Gasteiger partial charge in [-0.1, -0.05) is 32.0 Å². The standard InChI is InChI=1S/C14H18BrN3/c1-9(2)7-13(18-16)14-11(15)8-10-5-3-4-6-12(10)17-14/h3-6,8-9,13,18H,7,16H2,1-2H3. The van der Waals surface area contributed by atoms with E-state index < -0.39 is 0 Å². The molecule has 0 bridgehead atoms. The lowest BCUT2D eigenvalue weighted by Gasteiger charge is -2.19. The summed E-state index contributed by atoms with van der Waals surface area (Å²) in [6.07, 6.45) is 0.959. The zero-order valence-corrected chi connectivity index (χ0v) is 12.2. The fourth-order valence-corrected chi connectivity index (χ4v) is 2.69. The van der Waals surface area contributed by atoms with Crippen LogP contribution < -0.4 is 11.3 Å². The van der Waals surface area contributed by atoms with E-state index in [0.29, 0.717) is 5.92 Å². The lowest BCUT2D eigenvalue weighted by atomic mass is 10.0. The molecule has 96 valence electrons. The van der Waals surface area contributed by atoms with Crippen LogP contribution in [0.2, 0.25) is 0 Å². The number of pyridine rings is 1. The van der Waals surface area contributed by atoms with Gasteiger partial charge in [0.15, 0.2) is 0 Å². The average Bonchev–Trinajstić information content (AvgIpc) is 2.35. The highest BCUT2D eigenvalue weighted by atomic mass is 79.9. The molecule has 2 rings (SSSR count). The van der Waals surface area contributed by atoms with Gasteiger partial charge in [0.25, 0.3) is 0 Å². The first-order valence-corrected chi connectivity index (χ1v) is 6.92. The lowest BCUT2D eigenvalue weighted by molar-refractivity contribution is 0.430. The molecule has 0 spiro atoms. The molecule has 0 fully saturated rings. The van der Waals surface area contributed by atoms with Crippen LogP contribution in [-0.4, -0.2) is 4.98 Å². The van der Waals surface area contributed by atoms with Crippen molar-refractivity contribution in [1.82, 2.24) is 10.4 Å². The number of para-hydroxylation sites is 1. The quantitative estimate of drug-likeness (QED) is 0.671. The Morgan fingerprint density at radius 2 is 2.06 bits per heavy atom. The number of nitrogens with one attached hydrogen (secondary N) is 1. The minimum absolute atomic E-state index is 0.0731. The summed E-state index contributed by atoms with van der Waals surface area (Å²) in [5.41, 5.74) is 4.84. The summed E-state index contributed by atoms with van der Waals surface area (Å²) in [4.78, 5) is 4.71. The number of rotatable bonds is 4. The van der Waals surface area contributed by atoms with Gasteiger partial charge in [-0.2, -0.15) is 0 Å². The number of halogens is 1. The largest absolute Gasteiger partial charge is 0.271 e. The number of aromatic nitrogens is 1. The number of hydrazine groups is 1. The average molecular weight is 308 g/mol. The van der Waals surface area contributed by atoms with E-state index in [4.69, 9.17) is 10.8 Å². The Hall–Kier alpha value is -0.970. The van der Waals surface area contributed by atoms with Gasteiger partial charge < -0.3 is 0 Å². The number of benzene rings is 1. The molecular weight excluding hydrogens is 290 g/mol. The van der Waals surface area contributed by atoms with Gasteiger partial charge >= 0.3 is 0 Å². The van der Waals surface area contributed by atoms with Gasteiger partial charge in [-0.15, -0.1) is 0 Å². The minimum atomic E-state index is 0.0731. The molecule has 1 aromatic carbocycles. The molecule has 0 aliphatic carbocycles. The Labute approximate surface area is 116 Å². The molecule has 1 atom stereocenters. The van der Waals surface area contributed by atoms with Crippen LogP contribution in [0.3, 0.4) is 0 Å². The number of hydrogen-bond donors (Lipinski definition) is 2. The molecule has 2 aromatic rings. The van der Waals surface area contributed by atoms with Crippen molar-refractivity contribution < 1.29 is 0 Å². The Kier molecular flexibility index (Phi) is 4.32. The van der Waals surface area contributed by atoms with Gasteiger partial charge in [-0.05, 0) is 40.4 Å². The van der Waals surface area contributed by atoms with Gasteiger partial charge in [-0.3, -0.25) is 11.3 Å². The Morgan fingerprint density at radius 1 is 1.33 bits per heavy atom. The first kappa shape index (κ1) is 13.5. The number of hydrogen-bond acceptors (Lipinski definition) is 3. The second-order valence-electron chi connectivity index (χ2n) is 4.90. The summed E-state index contributed by atoms with van der Waals surface area (Å²) in [5.74, 6) is 6.22.